The number of carbonyl (C=O) groups is 1. The lowest BCUT2D eigenvalue weighted by Gasteiger charge is -2.39. The van der Waals surface area contributed by atoms with Gasteiger partial charge in [-0.2, -0.15) is 0 Å². The number of carbonyl (C=O) groups excluding carboxylic acids is 1. The Kier molecular flexibility index (Phi) is 9.71. The molecule has 1 amide bonds. The standard InChI is InChI=1S/C32H38N4O5S/c33-30(39)27-17-21(9-12-28(27)37)29(38)20-35-16-14-25-10-11-26(42-25)19-34-15-13-24-18-36-31(41-24)32(40,23-7-4-8-23)22-5-2-1-3-6-22/h1-3,5-6,9-12,17-18,23,29,34-35,37-38,40H,4,7-8,13-16,19-20H2,(H2,33,39)/t29?,32-/m0/s1. The van der Waals surface area contributed by atoms with Crippen LogP contribution >= 0.6 is 11.3 Å². The normalized spacial score (nSPS) is 15.7. The highest BCUT2D eigenvalue weighted by atomic mass is 32.1. The number of aromatic hydroxyl groups is 1. The summed E-state index contributed by atoms with van der Waals surface area (Å²) in [6, 6.07) is 18.3. The molecular weight excluding hydrogens is 552 g/mol. The lowest BCUT2D eigenvalue weighted by atomic mass is 9.69. The monoisotopic (exact) mass is 590 g/mol. The van der Waals surface area contributed by atoms with E-state index in [2.05, 4.69) is 27.8 Å². The minimum atomic E-state index is -1.19. The van der Waals surface area contributed by atoms with Crippen LogP contribution in [0.4, 0.5) is 0 Å². The summed E-state index contributed by atoms with van der Waals surface area (Å²) in [5.41, 5.74) is 5.43. The number of phenols is 1. The third kappa shape index (κ3) is 6.91. The molecule has 2 aromatic heterocycles. The fourth-order valence-electron chi connectivity index (χ4n) is 5.25. The van der Waals surface area contributed by atoms with E-state index in [0.29, 0.717) is 31.0 Å². The zero-order chi connectivity index (χ0) is 29.5. The average molecular weight is 591 g/mol. The third-order valence-corrected chi connectivity index (χ3v) is 9.06. The van der Waals surface area contributed by atoms with E-state index in [1.54, 1.807) is 23.6 Å². The van der Waals surface area contributed by atoms with Gasteiger partial charge >= 0.3 is 0 Å². The molecule has 7 N–H and O–H groups in total. The molecule has 2 heterocycles. The van der Waals surface area contributed by atoms with Gasteiger partial charge in [-0.15, -0.1) is 11.3 Å². The first-order valence-electron chi connectivity index (χ1n) is 14.4. The maximum Gasteiger partial charge on any atom is 0.252 e. The molecule has 10 heteroatoms. The molecule has 1 unspecified atom stereocenters. The molecule has 1 fully saturated rings. The van der Waals surface area contributed by atoms with Crippen molar-refractivity contribution in [3.8, 4) is 5.75 Å². The summed E-state index contributed by atoms with van der Waals surface area (Å²) >= 11 is 1.75. The fraction of sp³-hybridized carbons (Fsp3) is 0.375. The first kappa shape index (κ1) is 29.9. The molecule has 2 aromatic carbocycles. The SMILES string of the molecule is NC(=O)c1cc(C(O)CNCCc2ccc(CNCCc3cnc([C@](O)(c4ccccc4)C4CCC4)o3)s2)ccc1O. The topological polar surface area (TPSA) is 154 Å². The van der Waals surface area contributed by atoms with E-state index >= 15 is 0 Å². The van der Waals surface area contributed by atoms with Crippen molar-refractivity contribution in [3.05, 3.63) is 105 Å². The van der Waals surface area contributed by atoms with Crippen LogP contribution in [0.5, 0.6) is 5.75 Å². The second-order valence-corrected chi connectivity index (χ2v) is 12.1. The molecule has 0 aliphatic heterocycles. The predicted molar refractivity (Wildman–Crippen MR) is 161 cm³/mol. The van der Waals surface area contributed by atoms with Crippen LogP contribution in [0.25, 0.3) is 0 Å². The Morgan fingerprint density at radius 2 is 1.83 bits per heavy atom. The second-order valence-electron chi connectivity index (χ2n) is 10.8. The Balaban J connectivity index is 1.04. The highest BCUT2D eigenvalue weighted by molar-refractivity contribution is 7.11. The van der Waals surface area contributed by atoms with Crippen molar-refractivity contribution in [2.45, 2.75) is 50.4 Å². The van der Waals surface area contributed by atoms with Crippen molar-refractivity contribution in [1.29, 1.82) is 0 Å². The van der Waals surface area contributed by atoms with Gasteiger partial charge in [-0.3, -0.25) is 4.79 Å². The van der Waals surface area contributed by atoms with Gasteiger partial charge in [0.2, 0.25) is 5.89 Å². The van der Waals surface area contributed by atoms with Crippen LogP contribution in [0.2, 0.25) is 0 Å². The lowest BCUT2D eigenvalue weighted by Crippen LogP contribution is -2.40. The van der Waals surface area contributed by atoms with Crippen LogP contribution in [-0.4, -0.2) is 45.8 Å². The van der Waals surface area contributed by atoms with Crippen LogP contribution in [0.3, 0.4) is 0 Å². The maximum atomic E-state index is 11.7. The number of aromatic nitrogens is 1. The van der Waals surface area contributed by atoms with E-state index in [0.717, 1.165) is 50.1 Å². The molecule has 5 rings (SSSR count). The molecule has 2 atom stereocenters. The van der Waals surface area contributed by atoms with Crippen molar-refractivity contribution in [2.75, 3.05) is 19.6 Å². The summed E-state index contributed by atoms with van der Waals surface area (Å²) in [6.45, 7) is 2.48. The Labute approximate surface area is 249 Å². The summed E-state index contributed by atoms with van der Waals surface area (Å²) in [5.74, 6) is 0.326. The highest BCUT2D eigenvalue weighted by Crippen LogP contribution is 2.46. The van der Waals surface area contributed by atoms with E-state index in [1.807, 2.05) is 30.3 Å². The van der Waals surface area contributed by atoms with Gasteiger partial charge in [0.05, 0.1) is 17.9 Å². The molecule has 0 spiro atoms. The van der Waals surface area contributed by atoms with Crippen LogP contribution in [0, 0.1) is 5.92 Å². The number of nitrogens with two attached hydrogens (primary N) is 1. The minimum absolute atomic E-state index is 0.00366. The van der Waals surface area contributed by atoms with Gasteiger partial charge in [0.15, 0.2) is 5.60 Å². The molecule has 9 nitrogen and oxygen atoms in total. The highest BCUT2D eigenvalue weighted by Gasteiger charge is 2.46. The zero-order valence-corrected chi connectivity index (χ0v) is 24.3. The van der Waals surface area contributed by atoms with Crippen LogP contribution in [0.1, 0.15) is 68.3 Å². The van der Waals surface area contributed by atoms with E-state index in [1.165, 1.54) is 21.9 Å². The van der Waals surface area contributed by atoms with Crippen molar-refractivity contribution < 1.29 is 24.5 Å². The van der Waals surface area contributed by atoms with Crippen molar-refractivity contribution in [3.63, 3.8) is 0 Å². The van der Waals surface area contributed by atoms with Gasteiger partial charge in [-0.25, -0.2) is 4.98 Å². The molecule has 4 aromatic rings. The quantitative estimate of drug-likeness (QED) is 0.114. The Morgan fingerprint density at radius 1 is 1.07 bits per heavy atom. The van der Waals surface area contributed by atoms with Crippen molar-refractivity contribution >= 4 is 17.2 Å². The maximum absolute atomic E-state index is 11.7. The van der Waals surface area contributed by atoms with Crippen LogP contribution in [-0.2, 0) is 25.0 Å². The first-order chi connectivity index (χ1) is 20.3. The number of hydrogen-bond acceptors (Lipinski definition) is 9. The largest absolute Gasteiger partial charge is 0.507 e. The number of nitrogens with one attached hydrogen (secondary N) is 2. The molecule has 1 aliphatic carbocycles. The number of thiophene rings is 1. The molecular formula is C32H38N4O5S. The molecule has 0 saturated heterocycles. The van der Waals surface area contributed by atoms with E-state index < -0.39 is 17.6 Å². The molecule has 1 saturated carbocycles. The average Bonchev–Trinajstić information content (AvgIpc) is 3.63. The van der Waals surface area contributed by atoms with Crippen LogP contribution in [0.15, 0.2) is 71.3 Å². The number of amides is 1. The fourth-order valence-corrected chi connectivity index (χ4v) is 6.24. The van der Waals surface area contributed by atoms with E-state index in [9.17, 15) is 20.1 Å². The van der Waals surface area contributed by atoms with Crippen molar-refractivity contribution in [1.82, 2.24) is 15.6 Å². The summed E-state index contributed by atoms with van der Waals surface area (Å²) < 4.78 is 6.08. The van der Waals surface area contributed by atoms with Gasteiger partial charge in [0.1, 0.15) is 11.5 Å². The Bertz CT molecular complexity index is 1470. The lowest BCUT2D eigenvalue weighted by molar-refractivity contribution is -0.0413. The number of aliphatic hydroxyl groups is 2. The predicted octanol–water partition coefficient (Wildman–Crippen LogP) is 3.77. The third-order valence-electron chi connectivity index (χ3n) is 7.91. The Morgan fingerprint density at radius 3 is 2.57 bits per heavy atom. The number of oxazole rings is 1. The van der Waals surface area contributed by atoms with E-state index in [-0.39, 0.29) is 17.2 Å². The summed E-state index contributed by atoms with van der Waals surface area (Å²) in [4.78, 5) is 18.4. The molecule has 0 radical (unpaired) electrons. The molecule has 1 aliphatic rings. The number of benzene rings is 2. The minimum Gasteiger partial charge on any atom is -0.507 e. The second kappa shape index (κ2) is 13.6. The molecule has 222 valence electrons. The number of hydrogen-bond donors (Lipinski definition) is 6. The Hall–Kier alpha value is -3.54. The number of primary amides is 1. The molecule has 0 bridgehead atoms. The number of aliphatic hydroxyl groups excluding tert-OH is 1. The summed E-state index contributed by atoms with van der Waals surface area (Å²) in [5, 5.41) is 38.6. The van der Waals surface area contributed by atoms with Gasteiger partial charge in [-0.05, 0) is 54.7 Å². The van der Waals surface area contributed by atoms with Gasteiger partial charge in [0, 0.05) is 48.3 Å². The van der Waals surface area contributed by atoms with Gasteiger partial charge < -0.3 is 36.1 Å². The smallest absolute Gasteiger partial charge is 0.252 e. The van der Waals surface area contributed by atoms with Crippen molar-refractivity contribution in [2.24, 2.45) is 11.7 Å². The van der Waals surface area contributed by atoms with Gasteiger partial charge in [0.25, 0.3) is 5.91 Å². The zero-order valence-electron chi connectivity index (χ0n) is 23.5. The molecule has 42 heavy (non-hydrogen) atoms. The summed E-state index contributed by atoms with van der Waals surface area (Å²) in [7, 11) is 0. The van der Waals surface area contributed by atoms with Crippen LogP contribution < -0.4 is 16.4 Å². The van der Waals surface area contributed by atoms with Gasteiger partial charge in [-0.1, -0.05) is 42.8 Å². The number of nitrogens with zero attached hydrogens (tertiary/aromatic N) is 1. The summed E-state index contributed by atoms with van der Waals surface area (Å²) in [6.07, 6.45) is 5.45. The number of rotatable bonds is 15. The first-order valence-corrected chi connectivity index (χ1v) is 15.2. The van der Waals surface area contributed by atoms with E-state index in [4.69, 9.17) is 10.2 Å².